The van der Waals surface area contributed by atoms with Gasteiger partial charge in [0.1, 0.15) is 12.4 Å². The molecule has 0 spiro atoms. The molecular formula is C20H15FN2O5S. The number of hydrogen-bond acceptors (Lipinski definition) is 6. The minimum Gasteiger partial charge on any atom is -0.454 e. The van der Waals surface area contributed by atoms with Crippen molar-refractivity contribution in [1.29, 1.82) is 0 Å². The van der Waals surface area contributed by atoms with Gasteiger partial charge in [0.15, 0.2) is 11.5 Å². The molecule has 7 nitrogen and oxygen atoms in total. The largest absolute Gasteiger partial charge is 0.454 e. The Hall–Kier alpha value is -3.33. The van der Waals surface area contributed by atoms with Gasteiger partial charge in [-0.15, -0.1) is 0 Å². The molecule has 0 bridgehead atoms. The van der Waals surface area contributed by atoms with Crippen LogP contribution in [0, 0.1) is 12.7 Å². The van der Waals surface area contributed by atoms with Crippen molar-refractivity contribution >= 4 is 40.6 Å². The van der Waals surface area contributed by atoms with E-state index in [1.807, 2.05) is 6.92 Å². The van der Waals surface area contributed by atoms with E-state index in [1.54, 1.807) is 18.2 Å². The molecule has 1 saturated heterocycles. The van der Waals surface area contributed by atoms with Crippen molar-refractivity contribution in [3.05, 3.63) is 58.2 Å². The number of hydrogen-bond donors (Lipinski definition) is 1. The van der Waals surface area contributed by atoms with Crippen molar-refractivity contribution in [3.8, 4) is 11.5 Å². The summed E-state index contributed by atoms with van der Waals surface area (Å²) in [5.74, 6) is -0.474. The fourth-order valence-electron chi connectivity index (χ4n) is 2.90. The maximum atomic E-state index is 13.2. The molecule has 148 valence electrons. The zero-order valence-electron chi connectivity index (χ0n) is 15.2. The zero-order chi connectivity index (χ0) is 20.5. The van der Waals surface area contributed by atoms with Crippen LogP contribution in [0.4, 0.5) is 14.9 Å². The number of rotatable bonds is 4. The van der Waals surface area contributed by atoms with E-state index in [4.69, 9.17) is 9.47 Å². The van der Waals surface area contributed by atoms with Gasteiger partial charge in [-0.1, -0.05) is 6.07 Å². The SMILES string of the molecule is Cc1cc2c(cc1/C=C1/SC(=O)N(CC(=O)Nc3cccc(F)c3)C1=O)OCO2. The van der Waals surface area contributed by atoms with Crippen LogP contribution in [0.2, 0.25) is 0 Å². The highest BCUT2D eigenvalue weighted by molar-refractivity contribution is 8.18. The van der Waals surface area contributed by atoms with E-state index in [0.717, 1.165) is 28.3 Å². The summed E-state index contributed by atoms with van der Waals surface area (Å²) in [6.45, 7) is 1.53. The molecule has 0 aromatic heterocycles. The number of carbonyl (C=O) groups excluding carboxylic acids is 3. The van der Waals surface area contributed by atoms with Crippen LogP contribution in [0.3, 0.4) is 0 Å². The topological polar surface area (TPSA) is 84.9 Å². The van der Waals surface area contributed by atoms with Gasteiger partial charge < -0.3 is 14.8 Å². The van der Waals surface area contributed by atoms with E-state index in [0.29, 0.717) is 17.1 Å². The second-order valence-electron chi connectivity index (χ2n) is 6.39. The summed E-state index contributed by atoms with van der Waals surface area (Å²) >= 11 is 0.756. The van der Waals surface area contributed by atoms with E-state index in [9.17, 15) is 18.8 Å². The number of benzene rings is 2. The average molecular weight is 414 g/mol. The van der Waals surface area contributed by atoms with Crippen LogP contribution >= 0.6 is 11.8 Å². The highest BCUT2D eigenvalue weighted by atomic mass is 32.2. The number of nitrogens with zero attached hydrogens (tertiary/aromatic N) is 1. The van der Waals surface area contributed by atoms with Gasteiger partial charge in [-0.3, -0.25) is 19.3 Å². The molecule has 9 heteroatoms. The Balaban J connectivity index is 1.49. The number of aryl methyl sites for hydroxylation is 1. The molecule has 3 amide bonds. The third-order valence-corrected chi connectivity index (χ3v) is 5.24. The number of fused-ring (bicyclic) bond motifs is 1. The molecule has 0 radical (unpaired) electrons. The number of carbonyl (C=O) groups is 3. The van der Waals surface area contributed by atoms with Crippen LogP contribution < -0.4 is 14.8 Å². The average Bonchev–Trinajstić information content (AvgIpc) is 3.21. The fraction of sp³-hybridized carbons (Fsp3) is 0.150. The van der Waals surface area contributed by atoms with Gasteiger partial charge in [0.25, 0.3) is 11.1 Å². The van der Waals surface area contributed by atoms with Crippen LogP contribution in [0.15, 0.2) is 41.3 Å². The Morgan fingerprint density at radius 2 is 2.00 bits per heavy atom. The van der Waals surface area contributed by atoms with Crippen LogP contribution in [0.5, 0.6) is 11.5 Å². The summed E-state index contributed by atoms with van der Waals surface area (Å²) in [5.41, 5.74) is 1.81. The molecule has 1 fully saturated rings. The summed E-state index contributed by atoms with van der Waals surface area (Å²) in [4.78, 5) is 38.1. The molecule has 2 aromatic rings. The lowest BCUT2D eigenvalue weighted by molar-refractivity contribution is -0.127. The molecule has 4 rings (SSSR count). The molecule has 2 heterocycles. The Kier molecular flexibility index (Phi) is 4.98. The second kappa shape index (κ2) is 7.59. The third kappa shape index (κ3) is 3.95. The Morgan fingerprint density at radius 3 is 2.76 bits per heavy atom. The predicted octanol–water partition coefficient (Wildman–Crippen LogP) is 3.54. The quantitative estimate of drug-likeness (QED) is 0.771. The summed E-state index contributed by atoms with van der Waals surface area (Å²) < 4.78 is 23.9. The zero-order valence-corrected chi connectivity index (χ0v) is 16.0. The Bertz CT molecular complexity index is 1070. The van der Waals surface area contributed by atoms with Gasteiger partial charge in [-0.2, -0.15) is 0 Å². The molecule has 2 aliphatic rings. The first kappa shape index (κ1) is 19.0. The first-order chi connectivity index (χ1) is 13.9. The van der Waals surface area contributed by atoms with Crippen molar-refractivity contribution in [1.82, 2.24) is 4.90 Å². The van der Waals surface area contributed by atoms with Crippen LogP contribution in [-0.2, 0) is 9.59 Å². The lowest BCUT2D eigenvalue weighted by Crippen LogP contribution is -2.36. The summed E-state index contributed by atoms with van der Waals surface area (Å²) in [6, 6.07) is 8.88. The van der Waals surface area contributed by atoms with Gasteiger partial charge in [-0.05, 0) is 66.2 Å². The van der Waals surface area contributed by atoms with E-state index in [2.05, 4.69) is 5.32 Å². The number of nitrogens with one attached hydrogen (secondary N) is 1. The van der Waals surface area contributed by atoms with Crippen molar-refractivity contribution in [2.75, 3.05) is 18.7 Å². The number of imide groups is 1. The molecule has 29 heavy (non-hydrogen) atoms. The van der Waals surface area contributed by atoms with E-state index in [-0.39, 0.29) is 17.4 Å². The number of thioether (sulfide) groups is 1. The molecule has 2 aromatic carbocycles. The molecule has 0 unspecified atom stereocenters. The van der Waals surface area contributed by atoms with Gasteiger partial charge >= 0.3 is 0 Å². The van der Waals surface area contributed by atoms with E-state index >= 15 is 0 Å². The first-order valence-electron chi connectivity index (χ1n) is 8.62. The maximum absolute atomic E-state index is 13.2. The summed E-state index contributed by atoms with van der Waals surface area (Å²) in [6.07, 6.45) is 1.59. The van der Waals surface area contributed by atoms with Gasteiger partial charge in [-0.25, -0.2) is 4.39 Å². The number of amides is 3. The predicted molar refractivity (Wildman–Crippen MR) is 105 cm³/mol. The van der Waals surface area contributed by atoms with Crippen molar-refractivity contribution in [3.63, 3.8) is 0 Å². The lowest BCUT2D eigenvalue weighted by Gasteiger charge is -2.12. The van der Waals surface area contributed by atoms with Gasteiger partial charge in [0.2, 0.25) is 12.7 Å². The number of anilines is 1. The summed E-state index contributed by atoms with van der Waals surface area (Å²) in [7, 11) is 0. The summed E-state index contributed by atoms with van der Waals surface area (Å²) in [5, 5.41) is 1.92. The first-order valence-corrected chi connectivity index (χ1v) is 9.43. The highest BCUT2D eigenvalue weighted by Crippen LogP contribution is 2.37. The molecule has 1 N–H and O–H groups in total. The minimum atomic E-state index is -0.599. The lowest BCUT2D eigenvalue weighted by atomic mass is 10.1. The van der Waals surface area contributed by atoms with Gasteiger partial charge in [0.05, 0.1) is 4.91 Å². The standard InChI is InChI=1S/C20H15FN2O5S/c1-11-5-15-16(28-10-27-15)6-12(11)7-17-19(25)23(20(26)29-17)9-18(24)22-14-4-2-3-13(21)8-14/h2-8H,9-10H2,1H3,(H,22,24)/b17-7+. The highest BCUT2D eigenvalue weighted by Gasteiger charge is 2.36. The molecule has 0 atom stereocenters. The molecule has 0 saturated carbocycles. The van der Waals surface area contributed by atoms with Crippen molar-refractivity contribution < 1.29 is 28.2 Å². The van der Waals surface area contributed by atoms with Crippen LogP contribution in [0.25, 0.3) is 6.08 Å². The molecule has 0 aliphatic carbocycles. The third-order valence-electron chi connectivity index (χ3n) is 4.33. The molecular weight excluding hydrogens is 399 g/mol. The normalized spacial score (nSPS) is 16.6. The number of halogens is 1. The van der Waals surface area contributed by atoms with E-state index < -0.39 is 29.4 Å². The Labute approximate surface area is 169 Å². The number of ether oxygens (including phenoxy) is 2. The smallest absolute Gasteiger partial charge is 0.294 e. The molecule has 2 aliphatic heterocycles. The van der Waals surface area contributed by atoms with Crippen molar-refractivity contribution in [2.24, 2.45) is 0 Å². The minimum absolute atomic E-state index is 0.134. The second-order valence-corrected chi connectivity index (χ2v) is 7.38. The van der Waals surface area contributed by atoms with E-state index in [1.165, 1.54) is 18.2 Å². The van der Waals surface area contributed by atoms with Crippen LogP contribution in [0.1, 0.15) is 11.1 Å². The van der Waals surface area contributed by atoms with Gasteiger partial charge in [0, 0.05) is 5.69 Å². The fourth-order valence-corrected chi connectivity index (χ4v) is 3.73. The van der Waals surface area contributed by atoms with Crippen LogP contribution in [-0.4, -0.2) is 35.3 Å². The van der Waals surface area contributed by atoms with Crippen molar-refractivity contribution in [2.45, 2.75) is 6.92 Å². The maximum Gasteiger partial charge on any atom is 0.294 e. The Morgan fingerprint density at radius 1 is 1.24 bits per heavy atom. The monoisotopic (exact) mass is 414 g/mol.